The second-order valence-electron chi connectivity index (χ2n) is 5.49. The largest absolute Gasteiger partial charge is 0.476 e. The zero-order chi connectivity index (χ0) is 18.4. The zero-order valence-electron chi connectivity index (χ0n) is 13.7. The van der Waals surface area contributed by atoms with Crippen molar-refractivity contribution in [1.29, 1.82) is 0 Å². The summed E-state index contributed by atoms with van der Waals surface area (Å²) in [6.07, 6.45) is -1.97. The number of nitrogens with two attached hydrogens (primary N) is 2. The third-order valence-corrected chi connectivity index (χ3v) is 3.69. The lowest BCUT2D eigenvalue weighted by Gasteiger charge is -2.25. The fourth-order valence-electron chi connectivity index (χ4n) is 2.33. The lowest BCUT2D eigenvalue weighted by Crippen LogP contribution is -2.31. The third-order valence-electron chi connectivity index (χ3n) is 3.69. The number of hydrogen-bond acceptors (Lipinski definition) is 6. The van der Waals surface area contributed by atoms with Crippen LogP contribution in [0.5, 0.6) is 0 Å². The molecule has 0 heterocycles. The van der Waals surface area contributed by atoms with Gasteiger partial charge < -0.3 is 26.1 Å². The summed E-state index contributed by atoms with van der Waals surface area (Å²) >= 11 is 0. The van der Waals surface area contributed by atoms with Crippen molar-refractivity contribution >= 4 is 5.97 Å². The second-order valence-corrected chi connectivity index (χ2v) is 5.49. The molecule has 132 valence electrons. The molecule has 0 aliphatic rings. The molecule has 2 aromatic carbocycles. The average Bonchev–Trinajstić information content (AvgIpc) is 2.61. The first-order valence-electron chi connectivity index (χ1n) is 7.60. The molecule has 0 saturated carbocycles. The topological polar surface area (TPSA) is 131 Å². The Morgan fingerprint density at radius 1 is 1.08 bits per heavy atom. The minimum atomic E-state index is -1.36. The second kappa shape index (κ2) is 8.18. The van der Waals surface area contributed by atoms with Gasteiger partial charge in [-0.25, -0.2) is 4.79 Å². The van der Waals surface area contributed by atoms with Crippen molar-refractivity contribution in [2.24, 2.45) is 11.6 Å². The fraction of sp³-hybridized carbons (Fsp3) is 0.167. The highest BCUT2D eigenvalue weighted by Gasteiger charge is 2.27. The number of aliphatic hydroxyl groups excluding tert-OH is 1. The SMILES string of the molecule is Cc1ccc(C(O)C(O/C(N)=C(/NN)C(=O)O)c2ccccc2)cc1. The van der Waals surface area contributed by atoms with Gasteiger partial charge in [0, 0.05) is 0 Å². The Labute approximate surface area is 145 Å². The number of carbonyl (C=O) groups is 1. The van der Waals surface area contributed by atoms with E-state index in [4.69, 9.17) is 21.4 Å². The van der Waals surface area contributed by atoms with Gasteiger partial charge in [0.05, 0.1) is 0 Å². The summed E-state index contributed by atoms with van der Waals surface area (Å²) in [6, 6.07) is 16.2. The first kappa shape index (κ1) is 18.3. The Balaban J connectivity index is 2.40. The molecule has 25 heavy (non-hydrogen) atoms. The zero-order valence-corrected chi connectivity index (χ0v) is 13.7. The standard InChI is InChI=1S/C18H21N3O4/c1-11-7-9-12(10-8-11)15(22)16(13-5-3-2-4-6-13)25-17(19)14(21-20)18(23)24/h2-10,15-16,21-22H,19-20H2,1H3,(H,23,24)/b17-14+. The fourth-order valence-corrected chi connectivity index (χ4v) is 2.33. The molecular weight excluding hydrogens is 322 g/mol. The highest BCUT2D eigenvalue weighted by atomic mass is 16.5. The molecule has 2 rings (SSSR count). The molecule has 0 aliphatic heterocycles. The number of nitrogens with one attached hydrogen (secondary N) is 1. The maximum Gasteiger partial charge on any atom is 0.358 e. The molecule has 0 aliphatic carbocycles. The summed E-state index contributed by atoms with van der Waals surface area (Å²) in [5, 5.41) is 19.9. The number of rotatable bonds is 7. The van der Waals surface area contributed by atoms with E-state index in [1.165, 1.54) is 0 Å². The number of hydrogen-bond donors (Lipinski definition) is 5. The van der Waals surface area contributed by atoms with Crippen molar-refractivity contribution in [3.63, 3.8) is 0 Å². The monoisotopic (exact) mass is 343 g/mol. The molecule has 0 bridgehead atoms. The number of aliphatic hydroxyl groups is 1. The lowest BCUT2D eigenvalue weighted by atomic mass is 9.97. The van der Waals surface area contributed by atoms with E-state index in [9.17, 15) is 9.90 Å². The molecule has 7 N–H and O–H groups in total. The number of hydrazine groups is 1. The number of benzene rings is 2. The normalized spacial score (nSPS) is 14.2. The van der Waals surface area contributed by atoms with Crippen LogP contribution in [0.3, 0.4) is 0 Å². The molecule has 2 atom stereocenters. The molecule has 0 spiro atoms. The van der Waals surface area contributed by atoms with E-state index < -0.39 is 29.8 Å². The number of carboxylic acids is 1. The van der Waals surface area contributed by atoms with Crippen LogP contribution < -0.4 is 17.0 Å². The molecule has 2 aromatic rings. The molecule has 0 saturated heterocycles. The van der Waals surface area contributed by atoms with Gasteiger partial charge in [0.2, 0.25) is 5.88 Å². The van der Waals surface area contributed by atoms with Crippen molar-refractivity contribution in [2.45, 2.75) is 19.1 Å². The number of aliphatic carboxylic acids is 1. The van der Waals surface area contributed by atoms with Crippen LogP contribution in [0.15, 0.2) is 66.2 Å². The van der Waals surface area contributed by atoms with Crippen LogP contribution in [0, 0.1) is 6.92 Å². The van der Waals surface area contributed by atoms with Crippen LogP contribution in [0.25, 0.3) is 0 Å². The molecular formula is C18H21N3O4. The Bertz CT molecular complexity index is 745. The number of carboxylic acid groups (broad SMARTS) is 1. The van der Waals surface area contributed by atoms with Crippen LogP contribution in [-0.4, -0.2) is 16.2 Å². The van der Waals surface area contributed by atoms with Gasteiger partial charge in [-0.3, -0.25) is 5.84 Å². The first-order valence-corrected chi connectivity index (χ1v) is 7.60. The summed E-state index contributed by atoms with van der Waals surface area (Å²) in [5.41, 5.74) is 9.54. The smallest absolute Gasteiger partial charge is 0.358 e. The summed E-state index contributed by atoms with van der Waals surface area (Å²) in [7, 11) is 0. The van der Waals surface area contributed by atoms with Crippen molar-refractivity contribution in [3.05, 3.63) is 82.9 Å². The molecule has 0 amide bonds. The van der Waals surface area contributed by atoms with E-state index >= 15 is 0 Å². The lowest BCUT2D eigenvalue weighted by molar-refractivity contribution is -0.133. The van der Waals surface area contributed by atoms with Gasteiger partial charge in [-0.2, -0.15) is 0 Å². The van der Waals surface area contributed by atoms with Gasteiger partial charge in [-0.05, 0) is 18.1 Å². The van der Waals surface area contributed by atoms with Gasteiger partial charge in [0.1, 0.15) is 6.10 Å². The Hall–Kier alpha value is -3.03. The molecule has 7 nitrogen and oxygen atoms in total. The summed E-state index contributed by atoms with van der Waals surface area (Å²) < 4.78 is 5.58. The van der Waals surface area contributed by atoms with Gasteiger partial charge in [-0.15, -0.1) is 0 Å². The van der Waals surface area contributed by atoms with Crippen molar-refractivity contribution in [2.75, 3.05) is 0 Å². The molecule has 7 heteroatoms. The molecule has 0 aromatic heterocycles. The molecule has 2 unspecified atom stereocenters. The van der Waals surface area contributed by atoms with Gasteiger partial charge in [-0.1, -0.05) is 60.2 Å². The maximum atomic E-state index is 11.1. The van der Waals surface area contributed by atoms with Crippen molar-refractivity contribution in [1.82, 2.24) is 5.43 Å². The Morgan fingerprint density at radius 2 is 1.68 bits per heavy atom. The molecule has 0 fully saturated rings. The van der Waals surface area contributed by atoms with E-state index in [0.717, 1.165) is 5.56 Å². The summed E-state index contributed by atoms with van der Waals surface area (Å²) in [4.78, 5) is 11.1. The summed E-state index contributed by atoms with van der Waals surface area (Å²) in [6.45, 7) is 1.94. The predicted molar refractivity (Wildman–Crippen MR) is 92.6 cm³/mol. The van der Waals surface area contributed by atoms with E-state index in [1.54, 1.807) is 36.4 Å². The van der Waals surface area contributed by atoms with Crippen LogP contribution in [0.4, 0.5) is 0 Å². The molecule has 0 radical (unpaired) electrons. The van der Waals surface area contributed by atoms with E-state index in [1.807, 2.05) is 30.5 Å². The maximum absolute atomic E-state index is 11.1. The minimum absolute atomic E-state index is 0.421. The van der Waals surface area contributed by atoms with Crippen LogP contribution in [0.2, 0.25) is 0 Å². The highest BCUT2D eigenvalue weighted by molar-refractivity contribution is 5.86. The summed E-state index contributed by atoms with van der Waals surface area (Å²) in [5.74, 6) is 3.40. The number of aryl methyl sites for hydroxylation is 1. The van der Waals surface area contributed by atoms with Crippen LogP contribution in [-0.2, 0) is 9.53 Å². The van der Waals surface area contributed by atoms with Crippen molar-refractivity contribution in [3.8, 4) is 0 Å². The first-order chi connectivity index (χ1) is 11.9. The average molecular weight is 343 g/mol. The van der Waals surface area contributed by atoms with Crippen molar-refractivity contribution < 1.29 is 19.7 Å². The minimum Gasteiger partial charge on any atom is -0.476 e. The van der Waals surface area contributed by atoms with E-state index in [2.05, 4.69) is 0 Å². The number of ether oxygens (including phenoxy) is 1. The Morgan fingerprint density at radius 3 is 2.20 bits per heavy atom. The van der Waals surface area contributed by atoms with Gasteiger partial charge in [0.25, 0.3) is 0 Å². The highest BCUT2D eigenvalue weighted by Crippen LogP contribution is 2.33. The third kappa shape index (κ3) is 4.50. The quantitative estimate of drug-likeness (QED) is 0.223. The predicted octanol–water partition coefficient (Wildman–Crippen LogP) is 1.46. The van der Waals surface area contributed by atoms with Gasteiger partial charge in [0.15, 0.2) is 11.8 Å². The van der Waals surface area contributed by atoms with E-state index in [0.29, 0.717) is 11.1 Å². The van der Waals surface area contributed by atoms with E-state index in [-0.39, 0.29) is 0 Å². The van der Waals surface area contributed by atoms with Crippen LogP contribution >= 0.6 is 0 Å². The van der Waals surface area contributed by atoms with Crippen LogP contribution in [0.1, 0.15) is 28.9 Å². The Kier molecular flexibility index (Phi) is 5.99. The van der Waals surface area contributed by atoms with Gasteiger partial charge >= 0.3 is 5.97 Å².